The van der Waals surface area contributed by atoms with Gasteiger partial charge in [0.1, 0.15) is 11.6 Å². The summed E-state index contributed by atoms with van der Waals surface area (Å²) in [7, 11) is 0. The van der Waals surface area contributed by atoms with E-state index in [0.717, 1.165) is 18.6 Å². The van der Waals surface area contributed by atoms with E-state index in [1.54, 1.807) is 11.8 Å². The Bertz CT molecular complexity index is 399. The van der Waals surface area contributed by atoms with Crippen LogP contribution in [0.4, 0.5) is 24.8 Å². The highest BCUT2D eigenvalue weighted by Gasteiger charge is 2.35. The Hall–Kier alpha value is -1.22. The molecule has 0 aliphatic carbocycles. The molecule has 0 radical (unpaired) electrons. The van der Waals surface area contributed by atoms with Gasteiger partial charge in [-0.1, -0.05) is 0 Å². The Morgan fingerprint density at radius 1 is 1.26 bits per heavy atom. The van der Waals surface area contributed by atoms with Gasteiger partial charge in [0.25, 0.3) is 0 Å². The topological polar surface area (TPSA) is 75.9 Å². The number of nitrogens with one attached hydrogen (secondary N) is 2. The Labute approximate surface area is 113 Å². The first-order chi connectivity index (χ1) is 8.97. The number of hydrogen-bond acceptors (Lipinski definition) is 6. The second kappa shape index (κ2) is 7.39. The maximum atomic E-state index is 12.5. The van der Waals surface area contributed by atoms with E-state index < -0.39 is 12.0 Å². The minimum atomic E-state index is -4.60. The Morgan fingerprint density at radius 3 is 2.53 bits per heavy atom. The molecule has 4 N–H and O–H groups in total. The lowest BCUT2D eigenvalue weighted by molar-refractivity contribution is -0.144. The van der Waals surface area contributed by atoms with Gasteiger partial charge in [-0.3, -0.25) is 0 Å². The summed E-state index contributed by atoms with van der Waals surface area (Å²) in [4.78, 5) is 6.69. The van der Waals surface area contributed by atoms with Crippen LogP contribution in [0, 0.1) is 0 Å². The lowest BCUT2D eigenvalue weighted by Gasteiger charge is -2.11. The number of nitrogens with two attached hydrogens (primary N) is 1. The minimum Gasteiger partial charge on any atom is -0.370 e. The average molecular weight is 295 g/mol. The van der Waals surface area contributed by atoms with Crippen LogP contribution >= 0.6 is 11.8 Å². The van der Waals surface area contributed by atoms with E-state index in [9.17, 15) is 13.2 Å². The van der Waals surface area contributed by atoms with Gasteiger partial charge in [-0.15, -0.1) is 0 Å². The number of alkyl halides is 3. The van der Waals surface area contributed by atoms with Crippen molar-refractivity contribution in [2.24, 2.45) is 5.84 Å². The summed E-state index contributed by atoms with van der Waals surface area (Å²) in [6.07, 6.45) is -0.736. The van der Waals surface area contributed by atoms with E-state index in [0.29, 0.717) is 6.54 Å². The van der Waals surface area contributed by atoms with Crippen molar-refractivity contribution in [3.05, 3.63) is 11.9 Å². The number of anilines is 2. The number of thioether (sulfide) groups is 1. The van der Waals surface area contributed by atoms with E-state index in [-0.39, 0.29) is 11.6 Å². The summed E-state index contributed by atoms with van der Waals surface area (Å²) in [5.41, 5.74) is 2.10. The van der Waals surface area contributed by atoms with Crippen molar-refractivity contribution in [2.75, 3.05) is 29.3 Å². The normalized spacial score (nSPS) is 11.4. The molecule has 0 spiro atoms. The van der Waals surface area contributed by atoms with E-state index in [1.807, 2.05) is 6.26 Å². The summed E-state index contributed by atoms with van der Waals surface area (Å²) in [5, 5.41) is 2.83. The number of hydrazine groups is 1. The molecule has 5 nitrogen and oxygen atoms in total. The lowest BCUT2D eigenvalue weighted by Crippen LogP contribution is -2.17. The fourth-order valence-electron chi connectivity index (χ4n) is 1.33. The minimum absolute atomic E-state index is 0.0751. The Kier molecular flexibility index (Phi) is 6.16. The Morgan fingerprint density at radius 2 is 1.95 bits per heavy atom. The van der Waals surface area contributed by atoms with Crippen molar-refractivity contribution in [3.8, 4) is 0 Å². The van der Waals surface area contributed by atoms with Gasteiger partial charge in [-0.25, -0.2) is 15.8 Å². The van der Waals surface area contributed by atoms with Crippen LogP contribution in [0.2, 0.25) is 0 Å². The van der Waals surface area contributed by atoms with Gasteiger partial charge < -0.3 is 10.7 Å². The quantitative estimate of drug-likeness (QED) is 0.407. The Balaban J connectivity index is 2.67. The maximum absolute atomic E-state index is 12.5. The molecule has 0 atom stereocenters. The smallest absolute Gasteiger partial charge is 0.370 e. The number of nitrogens with zero attached hydrogens (tertiary/aromatic N) is 2. The number of rotatable bonds is 7. The predicted octanol–water partition coefficient (Wildman–Crippen LogP) is 2.34. The van der Waals surface area contributed by atoms with E-state index in [1.165, 1.54) is 6.07 Å². The first-order valence-corrected chi connectivity index (χ1v) is 7.02. The van der Waals surface area contributed by atoms with Gasteiger partial charge in [-0.05, 0) is 24.9 Å². The highest BCUT2D eigenvalue weighted by Crippen LogP contribution is 2.28. The molecule has 0 aromatic carbocycles. The van der Waals surface area contributed by atoms with Crippen LogP contribution in [0.5, 0.6) is 0 Å². The van der Waals surface area contributed by atoms with Gasteiger partial charge in [0.15, 0.2) is 0 Å². The van der Waals surface area contributed by atoms with E-state index >= 15 is 0 Å². The van der Waals surface area contributed by atoms with Crippen LogP contribution in [0.25, 0.3) is 0 Å². The average Bonchev–Trinajstić information content (AvgIpc) is 2.37. The molecular formula is C10H16F3N5S. The van der Waals surface area contributed by atoms with Gasteiger partial charge in [0.05, 0.1) is 0 Å². The molecule has 0 unspecified atom stereocenters. The number of aromatic nitrogens is 2. The molecule has 1 rings (SSSR count). The van der Waals surface area contributed by atoms with Crippen molar-refractivity contribution < 1.29 is 13.2 Å². The summed E-state index contributed by atoms with van der Waals surface area (Å²) in [6, 6.07) is 1.34. The van der Waals surface area contributed by atoms with E-state index in [2.05, 4.69) is 20.7 Å². The number of hydrogen-bond donors (Lipinski definition) is 3. The molecule has 1 heterocycles. The third-order valence-corrected chi connectivity index (χ3v) is 2.91. The monoisotopic (exact) mass is 295 g/mol. The van der Waals surface area contributed by atoms with Gasteiger partial charge in [0.2, 0.25) is 5.82 Å². The second-order valence-corrected chi connectivity index (χ2v) is 4.72. The fraction of sp³-hybridized carbons (Fsp3) is 0.600. The molecule has 9 heteroatoms. The molecule has 0 aliphatic rings. The third kappa shape index (κ3) is 5.52. The van der Waals surface area contributed by atoms with Gasteiger partial charge in [0, 0.05) is 12.6 Å². The summed E-state index contributed by atoms with van der Waals surface area (Å²) >= 11 is 1.73. The molecule has 0 saturated carbocycles. The molecule has 19 heavy (non-hydrogen) atoms. The standard InChI is InChI=1S/C10H16F3N5S/c1-19-5-3-2-4-15-7-6-8(18-14)17-9(16-7)10(11,12)13/h6H,2-5,14H2,1H3,(H2,15,16,17,18). The third-order valence-electron chi connectivity index (χ3n) is 2.21. The first-order valence-electron chi connectivity index (χ1n) is 5.63. The van der Waals surface area contributed by atoms with Crippen molar-refractivity contribution in [3.63, 3.8) is 0 Å². The highest BCUT2D eigenvalue weighted by atomic mass is 32.2. The van der Waals surface area contributed by atoms with Crippen molar-refractivity contribution in [2.45, 2.75) is 19.0 Å². The van der Waals surface area contributed by atoms with E-state index in [4.69, 9.17) is 5.84 Å². The summed E-state index contributed by atoms with van der Waals surface area (Å²) < 4.78 is 37.6. The SMILES string of the molecule is CSCCCCNc1cc(NN)nc(C(F)(F)F)n1. The fourth-order valence-corrected chi connectivity index (χ4v) is 1.82. The highest BCUT2D eigenvalue weighted by molar-refractivity contribution is 7.98. The number of unbranched alkanes of at least 4 members (excludes halogenated alkanes) is 1. The molecule has 0 bridgehead atoms. The zero-order valence-electron chi connectivity index (χ0n) is 10.4. The van der Waals surface area contributed by atoms with Crippen LogP contribution in [-0.4, -0.2) is 28.5 Å². The zero-order valence-corrected chi connectivity index (χ0v) is 11.2. The summed E-state index contributed by atoms with van der Waals surface area (Å²) in [6.45, 7) is 0.554. The van der Waals surface area contributed by atoms with Gasteiger partial charge >= 0.3 is 6.18 Å². The largest absolute Gasteiger partial charge is 0.451 e. The van der Waals surface area contributed by atoms with Crippen molar-refractivity contribution >= 4 is 23.4 Å². The number of nitrogen functional groups attached to an aromatic ring is 1. The molecule has 108 valence electrons. The van der Waals surface area contributed by atoms with Crippen LogP contribution in [-0.2, 0) is 6.18 Å². The summed E-state index contributed by atoms with van der Waals surface area (Å²) in [5.74, 6) is 4.93. The molecule has 0 amide bonds. The maximum Gasteiger partial charge on any atom is 0.451 e. The van der Waals surface area contributed by atoms with Crippen LogP contribution in [0.1, 0.15) is 18.7 Å². The van der Waals surface area contributed by atoms with Crippen LogP contribution in [0.15, 0.2) is 6.07 Å². The molecule has 1 aromatic heterocycles. The first kappa shape index (κ1) is 15.8. The number of halogens is 3. The second-order valence-electron chi connectivity index (χ2n) is 3.73. The van der Waals surface area contributed by atoms with Gasteiger partial charge in [-0.2, -0.15) is 24.9 Å². The molecule has 1 aromatic rings. The van der Waals surface area contributed by atoms with Crippen molar-refractivity contribution in [1.29, 1.82) is 0 Å². The molecule has 0 aliphatic heterocycles. The molecule has 0 saturated heterocycles. The molecular weight excluding hydrogens is 279 g/mol. The zero-order chi connectivity index (χ0) is 14.3. The van der Waals surface area contributed by atoms with Crippen LogP contribution in [0.3, 0.4) is 0 Å². The predicted molar refractivity (Wildman–Crippen MR) is 70.9 cm³/mol. The van der Waals surface area contributed by atoms with Crippen LogP contribution < -0.4 is 16.6 Å². The van der Waals surface area contributed by atoms with Crippen molar-refractivity contribution in [1.82, 2.24) is 9.97 Å². The lowest BCUT2D eigenvalue weighted by atomic mass is 10.3. The molecule has 0 fully saturated rings.